The highest BCUT2D eigenvalue weighted by molar-refractivity contribution is 6.45. The number of rotatable bonds is 8. The molecular formula is C24H18Cl3FN4O5. The van der Waals surface area contributed by atoms with E-state index in [1.165, 1.54) is 55.8 Å². The number of benzene rings is 3. The number of carbonyl (C=O) groups is 3. The van der Waals surface area contributed by atoms with Crippen LogP contribution >= 0.6 is 34.8 Å². The maximum atomic E-state index is 13.7. The van der Waals surface area contributed by atoms with Crippen molar-refractivity contribution >= 4 is 70.1 Å². The molecule has 3 aromatic carbocycles. The summed E-state index contributed by atoms with van der Waals surface area (Å²) in [4.78, 5) is 36.2. The van der Waals surface area contributed by atoms with E-state index in [4.69, 9.17) is 44.3 Å². The van der Waals surface area contributed by atoms with Crippen LogP contribution in [0.4, 0.5) is 15.8 Å². The molecular weight excluding hydrogens is 550 g/mol. The minimum absolute atomic E-state index is 0.00659. The largest absolute Gasteiger partial charge is 0.493 e. The van der Waals surface area contributed by atoms with Gasteiger partial charge in [0.2, 0.25) is 0 Å². The number of hydrazone groups is 1. The lowest BCUT2D eigenvalue weighted by molar-refractivity contribution is -0.136. The van der Waals surface area contributed by atoms with Crippen molar-refractivity contribution in [2.24, 2.45) is 5.10 Å². The summed E-state index contributed by atoms with van der Waals surface area (Å²) >= 11 is 18.1. The zero-order chi connectivity index (χ0) is 26.9. The number of nitrogens with zero attached hydrogens (tertiary/aromatic N) is 1. The molecule has 0 aliphatic carbocycles. The van der Waals surface area contributed by atoms with Crippen LogP contribution in [0, 0.1) is 5.82 Å². The van der Waals surface area contributed by atoms with Crippen molar-refractivity contribution in [3.8, 4) is 11.5 Å². The number of amides is 3. The summed E-state index contributed by atoms with van der Waals surface area (Å²) in [5.41, 5.74) is 2.61. The molecule has 0 spiro atoms. The van der Waals surface area contributed by atoms with Gasteiger partial charge in [-0.05, 0) is 42.0 Å². The Bertz CT molecular complexity index is 1370. The predicted molar refractivity (Wildman–Crippen MR) is 139 cm³/mol. The van der Waals surface area contributed by atoms with E-state index in [2.05, 4.69) is 21.2 Å². The van der Waals surface area contributed by atoms with Crippen molar-refractivity contribution in [2.75, 3.05) is 24.4 Å². The molecule has 192 valence electrons. The van der Waals surface area contributed by atoms with Crippen LogP contribution in [0.5, 0.6) is 11.5 Å². The molecule has 3 amide bonds. The lowest BCUT2D eigenvalue weighted by Crippen LogP contribution is -2.32. The molecule has 0 aliphatic heterocycles. The van der Waals surface area contributed by atoms with Crippen LogP contribution in [0.1, 0.15) is 5.56 Å². The van der Waals surface area contributed by atoms with E-state index in [0.29, 0.717) is 5.56 Å². The van der Waals surface area contributed by atoms with Gasteiger partial charge in [-0.25, -0.2) is 9.82 Å². The van der Waals surface area contributed by atoms with E-state index in [9.17, 15) is 18.8 Å². The molecule has 3 N–H and O–H groups in total. The van der Waals surface area contributed by atoms with Gasteiger partial charge in [-0.3, -0.25) is 14.4 Å². The Kier molecular flexibility index (Phi) is 9.67. The molecule has 13 heteroatoms. The second-order valence-electron chi connectivity index (χ2n) is 7.11. The second kappa shape index (κ2) is 12.9. The number of methoxy groups -OCH3 is 1. The van der Waals surface area contributed by atoms with E-state index >= 15 is 0 Å². The molecule has 0 unspecified atom stereocenters. The van der Waals surface area contributed by atoms with Gasteiger partial charge < -0.3 is 20.1 Å². The Balaban J connectivity index is 1.60. The Morgan fingerprint density at radius 3 is 2.41 bits per heavy atom. The van der Waals surface area contributed by atoms with Crippen LogP contribution in [0.15, 0.2) is 59.7 Å². The molecule has 0 saturated heterocycles. The van der Waals surface area contributed by atoms with E-state index in [1.807, 2.05) is 0 Å². The van der Waals surface area contributed by atoms with E-state index in [0.717, 1.165) is 0 Å². The van der Waals surface area contributed by atoms with Crippen molar-refractivity contribution in [3.63, 3.8) is 0 Å². The molecule has 9 nitrogen and oxygen atoms in total. The van der Waals surface area contributed by atoms with Crippen molar-refractivity contribution in [1.29, 1.82) is 0 Å². The Morgan fingerprint density at radius 2 is 1.68 bits per heavy atom. The van der Waals surface area contributed by atoms with Crippen LogP contribution < -0.4 is 25.5 Å². The summed E-state index contributed by atoms with van der Waals surface area (Å²) < 4.78 is 24.4. The smallest absolute Gasteiger partial charge is 0.329 e. The van der Waals surface area contributed by atoms with Gasteiger partial charge in [0.15, 0.2) is 18.1 Å². The van der Waals surface area contributed by atoms with Gasteiger partial charge in [0.1, 0.15) is 5.82 Å². The maximum Gasteiger partial charge on any atom is 0.329 e. The normalized spacial score (nSPS) is 10.6. The first kappa shape index (κ1) is 27.7. The van der Waals surface area contributed by atoms with Gasteiger partial charge in [-0.1, -0.05) is 53.0 Å². The average Bonchev–Trinajstić information content (AvgIpc) is 2.87. The summed E-state index contributed by atoms with van der Waals surface area (Å²) in [6.07, 6.45) is 1.21. The SMILES string of the molecule is COc1cc(/C=N\NC(=O)C(=O)Nc2cccc(Cl)c2Cl)cc(Cl)c1OCC(=O)Nc1ccccc1F. The molecule has 0 aromatic heterocycles. The minimum Gasteiger partial charge on any atom is -0.493 e. The Morgan fingerprint density at radius 1 is 0.946 bits per heavy atom. The molecule has 0 aliphatic rings. The maximum absolute atomic E-state index is 13.7. The summed E-state index contributed by atoms with van der Waals surface area (Å²) in [6, 6.07) is 13.1. The van der Waals surface area contributed by atoms with Gasteiger partial charge in [-0.2, -0.15) is 5.10 Å². The molecule has 3 rings (SSSR count). The van der Waals surface area contributed by atoms with Gasteiger partial charge in [0, 0.05) is 0 Å². The van der Waals surface area contributed by atoms with E-state index in [-0.39, 0.29) is 37.9 Å². The van der Waals surface area contributed by atoms with Crippen molar-refractivity contribution in [2.45, 2.75) is 0 Å². The number of carbonyl (C=O) groups excluding carboxylic acids is 3. The monoisotopic (exact) mass is 566 g/mol. The van der Waals surface area contributed by atoms with Crippen LogP contribution in [-0.4, -0.2) is 37.7 Å². The highest BCUT2D eigenvalue weighted by Crippen LogP contribution is 2.36. The second-order valence-corrected chi connectivity index (χ2v) is 8.30. The number of nitrogens with one attached hydrogen (secondary N) is 3. The first-order chi connectivity index (χ1) is 17.7. The third-order valence-corrected chi connectivity index (χ3v) is 5.63. The number of halogens is 4. The van der Waals surface area contributed by atoms with Gasteiger partial charge in [-0.15, -0.1) is 0 Å². The summed E-state index contributed by atoms with van der Waals surface area (Å²) in [5, 5.41) is 8.80. The van der Waals surface area contributed by atoms with Crippen LogP contribution in [-0.2, 0) is 14.4 Å². The molecule has 0 bridgehead atoms. The van der Waals surface area contributed by atoms with Gasteiger partial charge in [0.05, 0.1) is 39.8 Å². The Hall–Kier alpha value is -3.86. The van der Waals surface area contributed by atoms with Crippen molar-refractivity contribution < 1.29 is 28.2 Å². The van der Waals surface area contributed by atoms with Gasteiger partial charge >= 0.3 is 11.8 Å². The fraction of sp³-hybridized carbons (Fsp3) is 0.0833. The highest BCUT2D eigenvalue weighted by Gasteiger charge is 2.17. The number of hydrogen-bond donors (Lipinski definition) is 3. The highest BCUT2D eigenvalue weighted by atomic mass is 35.5. The van der Waals surface area contributed by atoms with E-state index < -0.39 is 30.1 Å². The number of ether oxygens (including phenoxy) is 2. The first-order valence-electron chi connectivity index (χ1n) is 10.3. The summed E-state index contributed by atoms with van der Waals surface area (Å²) in [7, 11) is 1.35. The lowest BCUT2D eigenvalue weighted by atomic mass is 10.2. The Labute approximate surface area is 225 Å². The third-order valence-electron chi connectivity index (χ3n) is 4.53. The van der Waals surface area contributed by atoms with Crippen molar-refractivity contribution in [3.05, 3.63) is 81.0 Å². The van der Waals surface area contributed by atoms with Crippen LogP contribution in [0.3, 0.4) is 0 Å². The standard InChI is InChI=1S/C24H18Cl3FN4O5/c1-36-19-10-13(11-29-32-24(35)23(34)31-18-8-4-5-14(25)21(18)27)9-15(26)22(19)37-12-20(33)30-17-7-3-2-6-16(17)28/h2-11H,12H2,1H3,(H,30,33)(H,31,34)(H,32,35)/b29-11-. The number of anilines is 2. The summed E-state index contributed by atoms with van der Waals surface area (Å²) in [5.74, 6) is -3.07. The minimum atomic E-state index is -1.06. The molecule has 0 radical (unpaired) electrons. The van der Waals surface area contributed by atoms with Crippen molar-refractivity contribution in [1.82, 2.24) is 5.43 Å². The molecule has 0 fully saturated rings. The number of para-hydroxylation sites is 1. The zero-order valence-electron chi connectivity index (χ0n) is 19.0. The number of hydrogen-bond acceptors (Lipinski definition) is 6. The fourth-order valence-corrected chi connectivity index (χ4v) is 3.46. The molecule has 0 heterocycles. The fourth-order valence-electron chi connectivity index (χ4n) is 2.84. The molecule has 37 heavy (non-hydrogen) atoms. The van der Waals surface area contributed by atoms with E-state index in [1.54, 1.807) is 12.1 Å². The molecule has 3 aromatic rings. The van der Waals surface area contributed by atoms with Crippen LogP contribution in [0.2, 0.25) is 15.1 Å². The molecule has 0 saturated carbocycles. The predicted octanol–water partition coefficient (Wildman–Crippen LogP) is 4.90. The third kappa shape index (κ3) is 7.56. The quantitative estimate of drug-likeness (QED) is 0.203. The topological polar surface area (TPSA) is 118 Å². The molecule has 0 atom stereocenters. The van der Waals surface area contributed by atoms with Crippen LogP contribution in [0.25, 0.3) is 0 Å². The first-order valence-corrected chi connectivity index (χ1v) is 11.5. The summed E-state index contributed by atoms with van der Waals surface area (Å²) in [6.45, 7) is -0.473. The zero-order valence-corrected chi connectivity index (χ0v) is 21.2. The van der Waals surface area contributed by atoms with Gasteiger partial charge in [0.25, 0.3) is 5.91 Å². The average molecular weight is 568 g/mol. The lowest BCUT2D eigenvalue weighted by Gasteiger charge is -2.13.